The van der Waals surface area contributed by atoms with E-state index >= 15 is 0 Å². The van der Waals surface area contributed by atoms with Crippen molar-refractivity contribution in [2.45, 2.75) is 24.2 Å². The lowest BCUT2D eigenvalue weighted by atomic mass is 9.84. The molecule has 0 bridgehead atoms. The van der Waals surface area contributed by atoms with Crippen LogP contribution in [-0.2, 0) is 10.3 Å². The number of hydrogen-bond acceptors (Lipinski definition) is 6. The molecule has 0 aliphatic carbocycles. The van der Waals surface area contributed by atoms with Gasteiger partial charge in [-0.1, -0.05) is 0 Å². The molecule has 2 unspecified atom stereocenters. The average molecular weight is 439 g/mol. The van der Waals surface area contributed by atoms with Gasteiger partial charge in [0.05, 0.1) is 5.56 Å². The number of pyridine rings is 1. The topological polar surface area (TPSA) is 113 Å². The third kappa shape index (κ3) is 4.55. The maximum atomic E-state index is 14.5. The third-order valence-electron chi connectivity index (χ3n) is 4.55. The van der Waals surface area contributed by atoms with Crippen LogP contribution in [0.15, 0.2) is 41.5 Å². The SMILES string of the molecule is N#Cc1ccc(C(=O)Nc2ccc(F)c(C3(CF)CC(C(F)(F)F)OC(N)=N3)c2)nc1. The summed E-state index contributed by atoms with van der Waals surface area (Å²) in [6, 6.07) is 6.52. The van der Waals surface area contributed by atoms with Crippen LogP contribution in [0.5, 0.6) is 0 Å². The summed E-state index contributed by atoms with van der Waals surface area (Å²) in [6.45, 7) is -1.49. The number of aromatic nitrogens is 1. The molecule has 2 atom stereocenters. The molecular formula is C19H14F5N5O2. The van der Waals surface area contributed by atoms with E-state index in [1.807, 2.05) is 6.07 Å². The highest BCUT2D eigenvalue weighted by atomic mass is 19.4. The Morgan fingerprint density at radius 2 is 2.10 bits per heavy atom. The molecule has 3 rings (SSSR count). The summed E-state index contributed by atoms with van der Waals surface area (Å²) < 4.78 is 72.5. The summed E-state index contributed by atoms with van der Waals surface area (Å²) in [6.07, 6.45) is -7.25. The molecule has 162 valence electrons. The van der Waals surface area contributed by atoms with Gasteiger partial charge >= 0.3 is 6.18 Å². The summed E-state index contributed by atoms with van der Waals surface area (Å²) >= 11 is 0. The molecular weight excluding hydrogens is 425 g/mol. The number of ether oxygens (including phenoxy) is 1. The zero-order chi connectivity index (χ0) is 22.8. The Balaban J connectivity index is 1.94. The monoisotopic (exact) mass is 439 g/mol. The van der Waals surface area contributed by atoms with Crippen molar-refractivity contribution in [1.29, 1.82) is 5.26 Å². The second-order valence-corrected chi connectivity index (χ2v) is 6.66. The molecule has 1 aromatic carbocycles. The maximum Gasteiger partial charge on any atom is 0.425 e. The third-order valence-corrected chi connectivity index (χ3v) is 4.55. The molecule has 0 radical (unpaired) electrons. The number of hydrogen-bond donors (Lipinski definition) is 2. The smallest absolute Gasteiger partial charge is 0.425 e. The van der Waals surface area contributed by atoms with Gasteiger partial charge in [0.15, 0.2) is 6.10 Å². The Hall–Kier alpha value is -3.75. The fourth-order valence-electron chi connectivity index (χ4n) is 3.04. The van der Waals surface area contributed by atoms with Crippen molar-refractivity contribution >= 4 is 17.6 Å². The van der Waals surface area contributed by atoms with Crippen LogP contribution < -0.4 is 11.1 Å². The molecule has 7 nitrogen and oxygen atoms in total. The van der Waals surface area contributed by atoms with Crippen molar-refractivity contribution in [1.82, 2.24) is 4.98 Å². The number of anilines is 1. The summed E-state index contributed by atoms with van der Waals surface area (Å²) in [4.78, 5) is 19.8. The number of carbonyl (C=O) groups is 1. The zero-order valence-electron chi connectivity index (χ0n) is 15.6. The second-order valence-electron chi connectivity index (χ2n) is 6.66. The second kappa shape index (κ2) is 8.17. The molecule has 31 heavy (non-hydrogen) atoms. The molecule has 1 amide bonds. The van der Waals surface area contributed by atoms with Gasteiger partial charge in [0.1, 0.15) is 29.8 Å². The van der Waals surface area contributed by atoms with E-state index in [-0.39, 0.29) is 16.9 Å². The molecule has 0 spiro atoms. The summed E-state index contributed by atoms with van der Waals surface area (Å²) in [5.74, 6) is -1.77. The van der Waals surface area contributed by atoms with Gasteiger partial charge in [-0.25, -0.2) is 18.8 Å². The van der Waals surface area contributed by atoms with Crippen molar-refractivity contribution in [2.24, 2.45) is 10.7 Å². The normalized spacial score (nSPS) is 20.9. The Morgan fingerprint density at radius 3 is 2.68 bits per heavy atom. The van der Waals surface area contributed by atoms with Crippen molar-refractivity contribution in [2.75, 3.05) is 12.0 Å². The lowest BCUT2D eigenvalue weighted by molar-refractivity contribution is -0.209. The number of nitrogens with zero attached hydrogens (tertiary/aromatic N) is 3. The molecule has 0 saturated heterocycles. The molecule has 2 heterocycles. The van der Waals surface area contributed by atoms with Crippen molar-refractivity contribution in [3.05, 3.63) is 59.2 Å². The first kappa shape index (κ1) is 21.9. The number of amides is 1. The standard InChI is InChI=1S/C19H14F5N5O2/c20-9-18(6-15(19(22,23)24)31-17(26)29-18)12-5-11(2-3-13(12)21)28-16(30)14-4-1-10(7-25)8-27-14/h1-5,8,15H,6,9H2,(H2,26,29)(H,28,30). The van der Waals surface area contributed by atoms with Gasteiger partial charge in [-0.15, -0.1) is 0 Å². The number of nitrogens with one attached hydrogen (secondary N) is 1. The van der Waals surface area contributed by atoms with Crippen molar-refractivity contribution in [3.63, 3.8) is 0 Å². The number of benzene rings is 1. The van der Waals surface area contributed by atoms with Gasteiger partial charge in [-0.05, 0) is 30.3 Å². The van der Waals surface area contributed by atoms with Gasteiger partial charge in [-0.2, -0.15) is 18.4 Å². The van der Waals surface area contributed by atoms with Crippen LogP contribution in [0.4, 0.5) is 27.6 Å². The Kier molecular flexibility index (Phi) is 5.79. The van der Waals surface area contributed by atoms with E-state index < -0.39 is 54.2 Å². The minimum Gasteiger partial charge on any atom is -0.452 e. The first-order chi connectivity index (χ1) is 14.6. The van der Waals surface area contributed by atoms with E-state index in [2.05, 4.69) is 20.0 Å². The van der Waals surface area contributed by atoms with Crippen molar-refractivity contribution in [3.8, 4) is 6.07 Å². The van der Waals surface area contributed by atoms with E-state index in [0.717, 1.165) is 18.2 Å². The molecule has 3 N–H and O–H groups in total. The maximum absolute atomic E-state index is 14.5. The molecule has 1 aliphatic rings. The largest absolute Gasteiger partial charge is 0.452 e. The van der Waals surface area contributed by atoms with E-state index in [0.29, 0.717) is 0 Å². The fraction of sp³-hybridized carbons (Fsp3) is 0.263. The van der Waals surface area contributed by atoms with E-state index in [4.69, 9.17) is 11.0 Å². The minimum atomic E-state index is -4.88. The lowest BCUT2D eigenvalue weighted by Crippen LogP contribution is -2.48. The Bertz CT molecular complexity index is 1060. The van der Waals surface area contributed by atoms with E-state index in [1.54, 1.807) is 0 Å². The van der Waals surface area contributed by atoms with Gasteiger partial charge in [0.2, 0.25) is 0 Å². The zero-order valence-corrected chi connectivity index (χ0v) is 15.6. The number of nitrogens with two attached hydrogens (primary N) is 1. The molecule has 2 aromatic rings. The first-order valence-corrected chi connectivity index (χ1v) is 8.70. The predicted octanol–water partition coefficient (Wildman–Crippen LogP) is 3.18. The van der Waals surface area contributed by atoms with Crippen LogP contribution in [0.25, 0.3) is 0 Å². The highest BCUT2D eigenvalue weighted by Gasteiger charge is 2.52. The Labute approximate surface area is 172 Å². The Morgan fingerprint density at radius 1 is 1.35 bits per heavy atom. The quantitative estimate of drug-likeness (QED) is 0.711. The van der Waals surface area contributed by atoms with Crippen LogP contribution >= 0.6 is 0 Å². The number of halogens is 5. The summed E-state index contributed by atoms with van der Waals surface area (Å²) in [5, 5.41) is 11.2. The van der Waals surface area contributed by atoms with E-state index in [9.17, 15) is 26.7 Å². The molecule has 1 aromatic heterocycles. The molecule has 0 fully saturated rings. The van der Waals surface area contributed by atoms with Crippen LogP contribution in [0.2, 0.25) is 0 Å². The van der Waals surface area contributed by atoms with Gasteiger partial charge in [0.25, 0.3) is 11.9 Å². The number of alkyl halides is 4. The fourth-order valence-corrected chi connectivity index (χ4v) is 3.04. The van der Waals surface area contributed by atoms with Crippen LogP contribution in [0.1, 0.15) is 28.0 Å². The average Bonchev–Trinajstić information content (AvgIpc) is 2.74. The van der Waals surface area contributed by atoms with Crippen molar-refractivity contribution < 1.29 is 31.5 Å². The summed E-state index contributed by atoms with van der Waals surface area (Å²) in [7, 11) is 0. The molecule has 12 heteroatoms. The summed E-state index contributed by atoms with van der Waals surface area (Å²) in [5.41, 5.74) is 2.61. The lowest BCUT2D eigenvalue weighted by Gasteiger charge is -2.36. The number of amidine groups is 1. The number of rotatable bonds is 4. The van der Waals surface area contributed by atoms with Gasteiger partial charge in [-0.3, -0.25) is 4.79 Å². The van der Waals surface area contributed by atoms with Gasteiger partial charge in [0, 0.05) is 23.9 Å². The minimum absolute atomic E-state index is 0.0378. The first-order valence-electron chi connectivity index (χ1n) is 8.70. The van der Waals surface area contributed by atoms with E-state index in [1.165, 1.54) is 18.3 Å². The molecule has 1 aliphatic heterocycles. The van der Waals surface area contributed by atoms with Gasteiger partial charge < -0.3 is 15.8 Å². The number of nitriles is 1. The molecule has 0 saturated carbocycles. The number of aliphatic imine (C=N–C) groups is 1. The predicted molar refractivity (Wildman–Crippen MR) is 98.1 cm³/mol. The van der Waals surface area contributed by atoms with Crippen LogP contribution in [0.3, 0.4) is 0 Å². The van der Waals surface area contributed by atoms with Crippen LogP contribution in [0, 0.1) is 17.1 Å². The van der Waals surface area contributed by atoms with Crippen LogP contribution in [-0.4, -0.2) is 35.9 Å². The highest BCUT2D eigenvalue weighted by molar-refractivity contribution is 6.02. The number of carbonyl (C=O) groups excluding carboxylic acids is 1. The highest BCUT2D eigenvalue weighted by Crippen LogP contribution is 2.42.